The van der Waals surface area contributed by atoms with Crippen molar-refractivity contribution < 1.29 is 9.53 Å². The molecule has 1 atom stereocenters. The second-order valence-corrected chi connectivity index (χ2v) is 6.35. The van der Waals surface area contributed by atoms with E-state index in [4.69, 9.17) is 10.5 Å². The van der Waals surface area contributed by atoms with Gasteiger partial charge in [-0.15, -0.1) is 12.4 Å². The summed E-state index contributed by atoms with van der Waals surface area (Å²) in [7, 11) is 0. The molecular formula is C14H22BrClN2O2. The molecule has 1 amide bonds. The van der Waals surface area contributed by atoms with Crippen LogP contribution in [0.2, 0.25) is 0 Å². The third-order valence-electron chi connectivity index (χ3n) is 2.70. The first kappa shape index (κ1) is 19.2. The molecule has 0 heterocycles. The Balaban J connectivity index is 0.00000361. The molecule has 0 unspecified atom stereocenters. The van der Waals surface area contributed by atoms with Crippen LogP contribution in [-0.2, 0) is 4.79 Å². The van der Waals surface area contributed by atoms with Crippen molar-refractivity contribution in [3.05, 3.63) is 28.7 Å². The zero-order valence-corrected chi connectivity index (χ0v) is 14.4. The van der Waals surface area contributed by atoms with Gasteiger partial charge in [-0.2, -0.15) is 0 Å². The fraction of sp³-hybridized carbons (Fsp3) is 0.500. The second-order valence-electron chi connectivity index (χ2n) is 5.44. The molecule has 0 aliphatic carbocycles. The van der Waals surface area contributed by atoms with Crippen LogP contribution in [-0.4, -0.2) is 25.1 Å². The molecule has 0 aromatic heterocycles. The quantitative estimate of drug-likeness (QED) is 0.789. The Hall–Kier alpha value is -0.780. The molecular weight excluding hydrogens is 344 g/mol. The SMILES string of the molecule is CC(C)(C)[C@H](N)C(=O)NCCOc1ccc(Br)cc1.Cl. The lowest BCUT2D eigenvalue weighted by atomic mass is 9.87. The van der Waals surface area contributed by atoms with Gasteiger partial charge in [0.05, 0.1) is 12.6 Å². The van der Waals surface area contributed by atoms with E-state index in [2.05, 4.69) is 21.2 Å². The summed E-state index contributed by atoms with van der Waals surface area (Å²) in [5.41, 5.74) is 5.61. The highest BCUT2D eigenvalue weighted by Crippen LogP contribution is 2.17. The van der Waals surface area contributed by atoms with Crippen LogP contribution >= 0.6 is 28.3 Å². The van der Waals surface area contributed by atoms with E-state index in [0.29, 0.717) is 13.2 Å². The van der Waals surface area contributed by atoms with Crippen molar-refractivity contribution >= 4 is 34.2 Å². The van der Waals surface area contributed by atoms with Gasteiger partial charge < -0.3 is 15.8 Å². The molecule has 1 rings (SSSR count). The minimum atomic E-state index is -0.514. The highest BCUT2D eigenvalue weighted by atomic mass is 79.9. The number of carbonyl (C=O) groups is 1. The monoisotopic (exact) mass is 364 g/mol. The largest absolute Gasteiger partial charge is 0.492 e. The lowest BCUT2D eigenvalue weighted by molar-refractivity contribution is -0.124. The molecule has 0 saturated carbocycles. The van der Waals surface area contributed by atoms with Crippen molar-refractivity contribution in [2.75, 3.05) is 13.2 Å². The first-order valence-electron chi connectivity index (χ1n) is 6.22. The molecule has 0 radical (unpaired) electrons. The number of hydrogen-bond acceptors (Lipinski definition) is 3. The fourth-order valence-corrected chi connectivity index (χ4v) is 1.64. The van der Waals surface area contributed by atoms with Crippen LogP contribution in [0.1, 0.15) is 20.8 Å². The van der Waals surface area contributed by atoms with E-state index in [0.717, 1.165) is 10.2 Å². The first-order valence-corrected chi connectivity index (χ1v) is 7.01. The Morgan fingerprint density at radius 3 is 2.40 bits per heavy atom. The number of nitrogens with two attached hydrogens (primary N) is 1. The van der Waals surface area contributed by atoms with E-state index in [1.165, 1.54) is 0 Å². The summed E-state index contributed by atoms with van der Waals surface area (Å²) in [6.07, 6.45) is 0. The lowest BCUT2D eigenvalue weighted by Gasteiger charge is -2.25. The average Bonchev–Trinajstić information content (AvgIpc) is 2.34. The summed E-state index contributed by atoms with van der Waals surface area (Å²) < 4.78 is 6.50. The van der Waals surface area contributed by atoms with Crippen LogP contribution in [0.3, 0.4) is 0 Å². The Bertz CT molecular complexity index is 418. The number of amides is 1. The molecule has 0 saturated heterocycles. The predicted octanol–water partition coefficient (Wildman–Crippen LogP) is 2.74. The van der Waals surface area contributed by atoms with Crippen molar-refractivity contribution in [3.8, 4) is 5.75 Å². The number of halogens is 2. The molecule has 0 bridgehead atoms. The van der Waals surface area contributed by atoms with Gasteiger partial charge in [-0.3, -0.25) is 4.79 Å². The fourth-order valence-electron chi connectivity index (χ4n) is 1.38. The van der Waals surface area contributed by atoms with E-state index in [1.807, 2.05) is 45.0 Å². The number of nitrogens with one attached hydrogen (secondary N) is 1. The van der Waals surface area contributed by atoms with E-state index >= 15 is 0 Å². The maximum Gasteiger partial charge on any atom is 0.237 e. The van der Waals surface area contributed by atoms with Crippen LogP contribution in [0.5, 0.6) is 5.75 Å². The topological polar surface area (TPSA) is 64.4 Å². The Labute approximate surface area is 135 Å². The molecule has 6 heteroatoms. The predicted molar refractivity (Wildman–Crippen MR) is 87.3 cm³/mol. The number of rotatable bonds is 5. The van der Waals surface area contributed by atoms with Crippen LogP contribution in [0.4, 0.5) is 0 Å². The van der Waals surface area contributed by atoms with Crippen molar-refractivity contribution in [2.45, 2.75) is 26.8 Å². The summed E-state index contributed by atoms with van der Waals surface area (Å²) in [5.74, 6) is 0.629. The van der Waals surface area contributed by atoms with E-state index in [-0.39, 0.29) is 23.7 Å². The first-order chi connectivity index (χ1) is 8.80. The maximum absolute atomic E-state index is 11.7. The minimum absolute atomic E-state index is 0. The molecule has 114 valence electrons. The highest BCUT2D eigenvalue weighted by Gasteiger charge is 2.26. The van der Waals surface area contributed by atoms with E-state index in [9.17, 15) is 4.79 Å². The number of benzene rings is 1. The second kappa shape index (κ2) is 8.49. The van der Waals surface area contributed by atoms with Crippen molar-refractivity contribution in [3.63, 3.8) is 0 Å². The summed E-state index contributed by atoms with van der Waals surface area (Å²) in [6, 6.07) is 7.03. The van der Waals surface area contributed by atoms with Gasteiger partial charge in [0.15, 0.2) is 0 Å². The van der Waals surface area contributed by atoms with Crippen LogP contribution in [0.25, 0.3) is 0 Å². The molecule has 0 aliphatic heterocycles. The number of ether oxygens (including phenoxy) is 1. The standard InChI is InChI=1S/C14H21BrN2O2.ClH/c1-14(2,3)12(16)13(18)17-8-9-19-11-6-4-10(15)5-7-11;/h4-7,12H,8-9,16H2,1-3H3,(H,17,18);1H/t12-;/m1./s1. The van der Waals surface area contributed by atoms with Crippen molar-refractivity contribution in [1.82, 2.24) is 5.32 Å². The molecule has 0 fully saturated rings. The Morgan fingerprint density at radius 2 is 1.90 bits per heavy atom. The van der Waals surface area contributed by atoms with E-state index in [1.54, 1.807) is 0 Å². The average molecular weight is 366 g/mol. The van der Waals surface area contributed by atoms with Gasteiger partial charge in [0.25, 0.3) is 0 Å². The molecule has 20 heavy (non-hydrogen) atoms. The number of hydrogen-bond donors (Lipinski definition) is 2. The lowest BCUT2D eigenvalue weighted by Crippen LogP contribution is -2.49. The molecule has 3 N–H and O–H groups in total. The van der Waals surface area contributed by atoms with Gasteiger partial charge in [-0.05, 0) is 29.7 Å². The van der Waals surface area contributed by atoms with Crippen LogP contribution < -0.4 is 15.8 Å². The molecule has 4 nitrogen and oxygen atoms in total. The third kappa shape index (κ3) is 6.59. The summed E-state index contributed by atoms with van der Waals surface area (Å²) in [5, 5.41) is 2.77. The van der Waals surface area contributed by atoms with Gasteiger partial charge in [0, 0.05) is 4.47 Å². The third-order valence-corrected chi connectivity index (χ3v) is 3.23. The molecule has 0 aliphatic rings. The van der Waals surface area contributed by atoms with Gasteiger partial charge in [-0.1, -0.05) is 36.7 Å². The smallest absolute Gasteiger partial charge is 0.237 e. The van der Waals surface area contributed by atoms with E-state index < -0.39 is 6.04 Å². The Kier molecular flexibility index (Phi) is 8.16. The zero-order chi connectivity index (χ0) is 14.5. The maximum atomic E-state index is 11.7. The minimum Gasteiger partial charge on any atom is -0.492 e. The van der Waals surface area contributed by atoms with Crippen LogP contribution in [0.15, 0.2) is 28.7 Å². The highest BCUT2D eigenvalue weighted by molar-refractivity contribution is 9.10. The van der Waals surface area contributed by atoms with Gasteiger partial charge in [0.1, 0.15) is 12.4 Å². The molecule has 1 aromatic carbocycles. The summed E-state index contributed by atoms with van der Waals surface area (Å²) in [4.78, 5) is 11.7. The molecule has 1 aromatic rings. The van der Waals surface area contributed by atoms with Crippen molar-refractivity contribution in [2.24, 2.45) is 11.1 Å². The summed E-state index contributed by atoms with van der Waals surface area (Å²) in [6.45, 7) is 6.68. The summed E-state index contributed by atoms with van der Waals surface area (Å²) >= 11 is 3.35. The van der Waals surface area contributed by atoms with Gasteiger partial charge >= 0.3 is 0 Å². The normalized spacial score (nSPS) is 12.2. The number of carbonyl (C=O) groups excluding carboxylic acids is 1. The molecule has 0 spiro atoms. The van der Waals surface area contributed by atoms with Gasteiger partial charge in [0.2, 0.25) is 5.91 Å². The van der Waals surface area contributed by atoms with Crippen LogP contribution in [0, 0.1) is 5.41 Å². The van der Waals surface area contributed by atoms with Gasteiger partial charge in [-0.25, -0.2) is 0 Å². The zero-order valence-electron chi connectivity index (χ0n) is 12.0. The Morgan fingerprint density at radius 1 is 1.35 bits per heavy atom. The van der Waals surface area contributed by atoms with Crippen molar-refractivity contribution in [1.29, 1.82) is 0 Å².